The Morgan fingerprint density at radius 2 is 1.42 bits per heavy atom. The van der Waals surface area contributed by atoms with Crippen LogP contribution < -0.4 is 22.9 Å². The standard InChI is InChI=1S/C18H36N4O11/c19-2-7-10(26)13(29)18(30-7)33-16-9(25)4(20)1-5(21)14(16)31-17-8(22)11(27)12(28)15(32-17)6(24)3-23/h4-18,23-29H,1-3,19-22H2/t4-,5?,6-,7-,8?,9?,10+,11-,12+,13?,14-,15?,16-,17+,18+/m1/s1. The van der Waals surface area contributed by atoms with Crippen molar-refractivity contribution in [1.29, 1.82) is 0 Å². The molecule has 2 heterocycles. The number of nitrogens with two attached hydrogens (primary N) is 4. The van der Waals surface area contributed by atoms with Gasteiger partial charge in [0.15, 0.2) is 12.6 Å². The molecule has 2 saturated heterocycles. The molecule has 3 fully saturated rings. The molecule has 5 unspecified atom stereocenters. The van der Waals surface area contributed by atoms with Crippen molar-refractivity contribution in [2.24, 2.45) is 22.9 Å². The molecule has 3 rings (SSSR count). The Labute approximate surface area is 189 Å². The maximum atomic E-state index is 10.7. The molecule has 194 valence electrons. The van der Waals surface area contributed by atoms with Gasteiger partial charge in [0.25, 0.3) is 0 Å². The summed E-state index contributed by atoms with van der Waals surface area (Å²) in [7, 11) is 0. The van der Waals surface area contributed by atoms with E-state index in [1.807, 2.05) is 0 Å². The molecule has 2 aliphatic heterocycles. The minimum atomic E-state index is -1.61. The number of hydrogen-bond acceptors (Lipinski definition) is 15. The van der Waals surface area contributed by atoms with Crippen LogP contribution in [-0.2, 0) is 18.9 Å². The lowest BCUT2D eigenvalue weighted by molar-refractivity contribution is -0.317. The molecule has 33 heavy (non-hydrogen) atoms. The summed E-state index contributed by atoms with van der Waals surface area (Å²) in [5, 5.41) is 70.5. The molecule has 0 bridgehead atoms. The summed E-state index contributed by atoms with van der Waals surface area (Å²) in [6, 6.07) is -2.95. The fourth-order valence-corrected chi connectivity index (χ4v) is 4.39. The van der Waals surface area contributed by atoms with Crippen molar-refractivity contribution >= 4 is 0 Å². The molecule has 0 spiro atoms. The summed E-state index contributed by atoms with van der Waals surface area (Å²) in [5.74, 6) is 0. The van der Waals surface area contributed by atoms with Gasteiger partial charge < -0.3 is 77.6 Å². The maximum absolute atomic E-state index is 10.7. The van der Waals surface area contributed by atoms with Crippen molar-refractivity contribution in [2.75, 3.05) is 13.2 Å². The van der Waals surface area contributed by atoms with Gasteiger partial charge in [-0.25, -0.2) is 0 Å². The fourth-order valence-electron chi connectivity index (χ4n) is 4.39. The Hall–Kier alpha value is -0.600. The summed E-state index contributed by atoms with van der Waals surface area (Å²) in [6.45, 7) is -0.857. The van der Waals surface area contributed by atoms with E-state index in [-0.39, 0.29) is 13.0 Å². The first-order valence-electron chi connectivity index (χ1n) is 10.8. The SMILES string of the molecule is NC[C@H]1O[C@@H](O[C@@H]2C(O)[C@H](N)CC(N)[C@H]2O[C@H]2OC([C@H](O)CO)[C@@H](O)[C@H](O)C2N)C(O)[C@H]1O. The van der Waals surface area contributed by atoms with Gasteiger partial charge in [-0.3, -0.25) is 0 Å². The van der Waals surface area contributed by atoms with Crippen LogP contribution in [0.3, 0.4) is 0 Å². The Morgan fingerprint density at radius 1 is 0.788 bits per heavy atom. The predicted octanol–water partition coefficient (Wildman–Crippen LogP) is -7.29. The molecule has 0 aromatic carbocycles. The molecule has 15 atom stereocenters. The van der Waals surface area contributed by atoms with Gasteiger partial charge in [-0.2, -0.15) is 0 Å². The fraction of sp³-hybridized carbons (Fsp3) is 1.00. The van der Waals surface area contributed by atoms with E-state index in [2.05, 4.69) is 0 Å². The Morgan fingerprint density at radius 3 is 2.00 bits per heavy atom. The molecule has 3 aliphatic rings. The Bertz CT molecular complexity index is 638. The third-order valence-corrected chi connectivity index (χ3v) is 6.45. The highest BCUT2D eigenvalue weighted by atomic mass is 16.7. The van der Waals surface area contributed by atoms with Gasteiger partial charge in [0.1, 0.15) is 54.9 Å². The molecule has 1 saturated carbocycles. The van der Waals surface area contributed by atoms with E-state index in [0.29, 0.717) is 0 Å². The first kappa shape index (κ1) is 27.0. The van der Waals surface area contributed by atoms with E-state index in [4.69, 9.17) is 41.9 Å². The second-order valence-electron chi connectivity index (χ2n) is 8.79. The molecule has 0 amide bonds. The summed E-state index contributed by atoms with van der Waals surface area (Å²) >= 11 is 0. The van der Waals surface area contributed by atoms with Gasteiger partial charge in [0.2, 0.25) is 0 Å². The largest absolute Gasteiger partial charge is 0.394 e. The zero-order valence-electron chi connectivity index (χ0n) is 17.9. The van der Waals surface area contributed by atoms with Crippen molar-refractivity contribution in [3.8, 4) is 0 Å². The quantitative estimate of drug-likeness (QED) is 0.160. The van der Waals surface area contributed by atoms with Gasteiger partial charge in [0, 0.05) is 18.6 Å². The van der Waals surface area contributed by atoms with E-state index in [1.54, 1.807) is 0 Å². The van der Waals surface area contributed by atoms with E-state index < -0.39 is 98.4 Å². The summed E-state index contributed by atoms with van der Waals surface area (Å²) in [5.41, 5.74) is 23.6. The number of hydrogen-bond donors (Lipinski definition) is 11. The molecule has 1 aliphatic carbocycles. The second kappa shape index (κ2) is 11.0. The molecular weight excluding hydrogens is 448 g/mol. The van der Waals surface area contributed by atoms with Crippen LogP contribution in [0.4, 0.5) is 0 Å². The summed E-state index contributed by atoms with van der Waals surface area (Å²) in [6.07, 6.45) is -16.4. The molecule has 15 nitrogen and oxygen atoms in total. The summed E-state index contributed by atoms with van der Waals surface area (Å²) in [4.78, 5) is 0. The normalized spacial score (nSPS) is 52.1. The van der Waals surface area contributed by atoms with Gasteiger partial charge >= 0.3 is 0 Å². The third kappa shape index (κ3) is 5.32. The first-order valence-corrected chi connectivity index (χ1v) is 10.8. The molecule has 15 N–H and O–H groups in total. The smallest absolute Gasteiger partial charge is 0.187 e. The zero-order chi connectivity index (χ0) is 24.6. The van der Waals surface area contributed by atoms with Gasteiger partial charge in [-0.15, -0.1) is 0 Å². The van der Waals surface area contributed by atoms with Crippen molar-refractivity contribution < 1.29 is 54.7 Å². The van der Waals surface area contributed by atoms with Crippen LogP contribution in [0.2, 0.25) is 0 Å². The van der Waals surface area contributed by atoms with Crippen LogP contribution >= 0.6 is 0 Å². The van der Waals surface area contributed by atoms with Crippen LogP contribution in [0, 0.1) is 0 Å². The van der Waals surface area contributed by atoms with Crippen molar-refractivity contribution in [3.63, 3.8) is 0 Å². The molecule has 15 heteroatoms. The highest BCUT2D eigenvalue weighted by Gasteiger charge is 2.52. The lowest BCUT2D eigenvalue weighted by Gasteiger charge is -2.47. The molecule has 0 radical (unpaired) electrons. The van der Waals surface area contributed by atoms with Crippen LogP contribution in [0.15, 0.2) is 0 Å². The summed E-state index contributed by atoms with van der Waals surface area (Å²) < 4.78 is 22.5. The average molecular weight is 485 g/mol. The number of ether oxygens (including phenoxy) is 4. The van der Waals surface area contributed by atoms with Crippen molar-refractivity contribution in [3.05, 3.63) is 0 Å². The van der Waals surface area contributed by atoms with Crippen LogP contribution in [0.5, 0.6) is 0 Å². The number of aliphatic hydroxyl groups excluding tert-OH is 7. The van der Waals surface area contributed by atoms with Crippen molar-refractivity contribution in [1.82, 2.24) is 0 Å². The minimum Gasteiger partial charge on any atom is -0.394 e. The average Bonchev–Trinajstić information content (AvgIpc) is 3.06. The number of rotatable bonds is 7. The van der Waals surface area contributed by atoms with Crippen molar-refractivity contribution in [2.45, 2.75) is 98.2 Å². The van der Waals surface area contributed by atoms with Crippen LogP contribution in [0.1, 0.15) is 6.42 Å². The molecular formula is C18H36N4O11. The Kier molecular flexibility index (Phi) is 8.99. The van der Waals surface area contributed by atoms with E-state index in [1.165, 1.54) is 0 Å². The molecule has 0 aromatic rings. The van der Waals surface area contributed by atoms with Gasteiger partial charge in [-0.1, -0.05) is 0 Å². The second-order valence-corrected chi connectivity index (χ2v) is 8.79. The van der Waals surface area contributed by atoms with Gasteiger partial charge in [0.05, 0.1) is 18.8 Å². The van der Waals surface area contributed by atoms with E-state index >= 15 is 0 Å². The third-order valence-electron chi connectivity index (χ3n) is 6.45. The van der Waals surface area contributed by atoms with E-state index in [9.17, 15) is 35.7 Å². The van der Waals surface area contributed by atoms with Crippen LogP contribution in [0.25, 0.3) is 0 Å². The first-order chi connectivity index (χ1) is 15.5. The lowest BCUT2D eigenvalue weighted by Crippen LogP contribution is -2.68. The monoisotopic (exact) mass is 484 g/mol. The number of aliphatic hydroxyl groups is 7. The van der Waals surface area contributed by atoms with E-state index in [0.717, 1.165) is 0 Å². The highest BCUT2D eigenvalue weighted by molar-refractivity contribution is 5.02. The molecule has 0 aromatic heterocycles. The predicted molar refractivity (Wildman–Crippen MR) is 108 cm³/mol. The lowest BCUT2D eigenvalue weighted by atomic mass is 9.84. The minimum absolute atomic E-state index is 0.0934. The van der Waals surface area contributed by atoms with Crippen LogP contribution in [-0.4, -0.2) is 141 Å². The maximum Gasteiger partial charge on any atom is 0.187 e. The Balaban J connectivity index is 1.79. The topological polar surface area (TPSA) is 283 Å². The zero-order valence-corrected chi connectivity index (χ0v) is 17.9. The van der Waals surface area contributed by atoms with Gasteiger partial charge in [-0.05, 0) is 6.42 Å². The highest BCUT2D eigenvalue weighted by Crippen LogP contribution is 2.32.